The first kappa shape index (κ1) is 33.5. The van der Waals surface area contributed by atoms with Crippen molar-refractivity contribution in [2.75, 3.05) is 20.1 Å². The number of nitrogens with one attached hydrogen (secondary N) is 1. The van der Waals surface area contributed by atoms with Crippen LogP contribution in [-0.4, -0.2) is 47.4 Å². The number of benzene rings is 3. The topological polar surface area (TPSA) is 80.6 Å². The predicted octanol–water partition coefficient (Wildman–Crippen LogP) is 7.48. The zero-order valence-electron chi connectivity index (χ0n) is 27.0. The van der Waals surface area contributed by atoms with Gasteiger partial charge in [0.1, 0.15) is 5.75 Å². The number of carbonyl (C=O) groups is 3. The van der Waals surface area contributed by atoms with Crippen LogP contribution in [0.25, 0.3) is 10.9 Å². The van der Waals surface area contributed by atoms with E-state index < -0.39 is 5.97 Å². The smallest absolute Gasteiger partial charge is 0.343 e. The summed E-state index contributed by atoms with van der Waals surface area (Å²) >= 11 is 0. The number of aromatic nitrogens is 1. The second-order valence-electron chi connectivity index (χ2n) is 11.8. The van der Waals surface area contributed by atoms with E-state index in [2.05, 4.69) is 28.9 Å². The van der Waals surface area contributed by atoms with Crippen molar-refractivity contribution in [3.63, 3.8) is 0 Å². The minimum Gasteiger partial charge on any atom is -0.423 e. The van der Waals surface area contributed by atoms with Crippen molar-refractivity contribution in [2.45, 2.75) is 78.2 Å². The number of fused-ring (bicyclic) bond motifs is 1. The third-order valence-corrected chi connectivity index (χ3v) is 8.33. The maximum absolute atomic E-state index is 13.1. The third-order valence-electron chi connectivity index (χ3n) is 8.33. The van der Waals surface area contributed by atoms with E-state index in [1.807, 2.05) is 61.3 Å². The summed E-state index contributed by atoms with van der Waals surface area (Å²) in [5, 5.41) is 4.01. The number of hydrogen-bond acceptors (Lipinski definition) is 4. The van der Waals surface area contributed by atoms with E-state index in [9.17, 15) is 14.4 Å². The number of nitrogens with zero attached hydrogens (tertiary/aromatic N) is 2. The van der Waals surface area contributed by atoms with E-state index in [0.717, 1.165) is 73.7 Å². The average molecular weight is 610 g/mol. The first-order valence-corrected chi connectivity index (χ1v) is 16.3. The molecule has 1 heterocycles. The molecule has 0 unspecified atom stereocenters. The van der Waals surface area contributed by atoms with Crippen LogP contribution in [0.2, 0.25) is 0 Å². The molecule has 0 fully saturated rings. The predicted molar refractivity (Wildman–Crippen MR) is 181 cm³/mol. The number of amides is 2. The number of hydrogen-bond donors (Lipinski definition) is 1. The summed E-state index contributed by atoms with van der Waals surface area (Å²) < 4.78 is 7.95. The highest BCUT2D eigenvalue weighted by atomic mass is 16.5. The Labute approximate surface area is 267 Å². The fraction of sp³-hybridized carbons (Fsp3) is 0.395. The lowest BCUT2D eigenvalue weighted by molar-refractivity contribution is -0.130. The standard InChI is InChI=1S/C38H47N3O4/c1-4-5-25-40(3)37(43)21-15-7-6-8-16-24-39-36(42)27-33-29(2)41(28-30-17-11-9-12-18-30)35-23-22-32(26-34(33)35)45-38(44)31-19-13-10-14-20-31/h9-14,17-20,22-23,26H,4-8,15-16,21,24-25,27-28H2,1-3H3,(H,39,42). The zero-order valence-corrected chi connectivity index (χ0v) is 27.0. The number of carbonyl (C=O) groups excluding carboxylic acids is 3. The molecule has 7 nitrogen and oxygen atoms in total. The van der Waals surface area contributed by atoms with Crippen molar-refractivity contribution in [2.24, 2.45) is 0 Å². The highest BCUT2D eigenvalue weighted by molar-refractivity contribution is 5.94. The first-order valence-electron chi connectivity index (χ1n) is 16.3. The van der Waals surface area contributed by atoms with Gasteiger partial charge in [0, 0.05) is 49.7 Å². The van der Waals surface area contributed by atoms with Crippen molar-refractivity contribution in [3.05, 3.63) is 101 Å². The summed E-state index contributed by atoms with van der Waals surface area (Å²) in [5.74, 6) is 0.242. The summed E-state index contributed by atoms with van der Waals surface area (Å²) in [4.78, 5) is 39.9. The number of rotatable bonds is 17. The van der Waals surface area contributed by atoms with Crippen LogP contribution in [0.15, 0.2) is 78.9 Å². The largest absolute Gasteiger partial charge is 0.423 e. The molecule has 0 bridgehead atoms. The van der Waals surface area contributed by atoms with E-state index in [-0.39, 0.29) is 18.2 Å². The SMILES string of the molecule is CCCCN(C)C(=O)CCCCCCCNC(=O)Cc1c(C)n(Cc2ccccc2)c2ccc(OC(=O)c3ccccc3)cc12. The molecule has 3 aromatic carbocycles. The Balaban J connectivity index is 1.35. The Kier molecular flexibility index (Phi) is 12.8. The van der Waals surface area contributed by atoms with Crippen molar-refractivity contribution < 1.29 is 19.1 Å². The highest BCUT2D eigenvalue weighted by Crippen LogP contribution is 2.31. The average Bonchev–Trinajstić information content (AvgIpc) is 3.30. The molecule has 0 atom stereocenters. The van der Waals surface area contributed by atoms with Gasteiger partial charge in [-0.2, -0.15) is 0 Å². The van der Waals surface area contributed by atoms with Gasteiger partial charge >= 0.3 is 5.97 Å². The van der Waals surface area contributed by atoms with Gasteiger partial charge in [-0.25, -0.2) is 4.79 Å². The van der Waals surface area contributed by atoms with Crippen LogP contribution in [0.5, 0.6) is 5.75 Å². The summed E-state index contributed by atoms with van der Waals surface area (Å²) in [6.45, 7) is 6.32. The van der Waals surface area contributed by atoms with Crippen LogP contribution in [0.3, 0.4) is 0 Å². The maximum Gasteiger partial charge on any atom is 0.343 e. The lowest BCUT2D eigenvalue weighted by Gasteiger charge is -2.16. The fourth-order valence-corrected chi connectivity index (χ4v) is 5.62. The molecule has 0 aliphatic carbocycles. The molecule has 0 spiro atoms. The molecule has 7 heteroatoms. The van der Waals surface area contributed by atoms with Gasteiger partial charge in [-0.05, 0) is 67.6 Å². The Hall–Kier alpha value is -4.39. The molecule has 45 heavy (non-hydrogen) atoms. The van der Waals surface area contributed by atoms with E-state index in [4.69, 9.17) is 4.74 Å². The number of unbranched alkanes of at least 4 members (excludes halogenated alkanes) is 5. The van der Waals surface area contributed by atoms with Crippen LogP contribution < -0.4 is 10.1 Å². The molecule has 0 saturated heterocycles. The van der Waals surface area contributed by atoms with Gasteiger partial charge in [0.05, 0.1) is 12.0 Å². The van der Waals surface area contributed by atoms with Crippen molar-refractivity contribution in [1.29, 1.82) is 0 Å². The minimum absolute atomic E-state index is 0.0238. The fourth-order valence-electron chi connectivity index (χ4n) is 5.62. The Morgan fingerprint density at radius 3 is 2.27 bits per heavy atom. The van der Waals surface area contributed by atoms with Gasteiger partial charge < -0.3 is 19.5 Å². The van der Waals surface area contributed by atoms with Crippen molar-refractivity contribution in [3.8, 4) is 5.75 Å². The van der Waals surface area contributed by atoms with Crippen molar-refractivity contribution >= 4 is 28.7 Å². The second-order valence-corrected chi connectivity index (χ2v) is 11.8. The van der Waals surface area contributed by atoms with Crippen LogP contribution in [0.4, 0.5) is 0 Å². The molecule has 4 rings (SSSR count). The van der Waals surface area contributed by atoms with Gasteiger partial charge in [0.25, 0.3) is 0 Å². The summed E-state index contributed by atoms with van der Waals surface area (Å²) in [7, 11) is 1.89. The molecule has 0 aliphatic heterocycles. The van der Waals surface area contributed by atoms with Gasteiger partial charge in [-0.3, -0.25) is 9.59 Å². The molecule has 4 aromatic rings. The monoisotopic (exact) mass is 609 g/mol. The summed E-state index contributed by atoms with van der Waals surface area (Å²) in [5.41, 5.74) is 4.60. The van der Waals surface area contributed by atoms with Crippen molar-refractivity contribution in [1.82, 2.24) is 14.8 Å². The van der Waals surface area contributed by atoms with Crippen LogP contribution in [0, 0.1) is 6.92 Å². The number of ether oxygens (including phenoxy) is 1. The van der Waals surface area contributed by atoms with Gasteiger partial charge in [0.2, 0.25) is 11.8 Å². The molecule has 0 radical (unpaired) electrons. The first-order chi connectivity index (χ1) is 21.9. The quantitative estimate of drug-likeness (QED) is 0.0765. The summed E-state index contributed by atoms with van der Waals surface area (Å²) in [6, 6.07) is 24.8. The number of esters is 1. The zero-order chi connectivity index (χ0) is 32.0. The summed E-state index contributed by atoms with van der Waals surface area (Å²) in [6.07, 6.45) is 7.92. The van der Waals surface area contributed by atoms with Gasteiger partial charge in [-0.15, -0.1) is 0 Å². The van der Waals surface area contributed by atoms with Crippen LogP contribution in [-0.2, 0) is 22.6 Å². The van der Waals surface area contributed by atoms with E-state index in [1.54, 1.807) is 24.3 Å². The van der Waals surface area contributed by atoms with E-state index in [0.29, 0.717) is 30.8 Å². The maximum atomic E-state index is 13.1. The highest BCUT2D eigenvalue weighted by Gasteiger charge is 2.19. The second kappa shape index (κ2) is 17.2. The molecule has 1 N–H and O–H groups in total. The lowest BCUT2D eigenvalue weighted by Crippen LogP contribution is -2.27. The molecule has 0 saturated carbocycles. The van der Waals surface area contributed by atoms with E-state index >= 15 is 0 Å². The normalized spacial score (nSPS) is 11.0. The molecule has 1 aromatic heterocycles. The molecule has 2 amide bonds. The van der Waals surface area contributed by atoms with Crippen LogP contribution >= 0.6 is 0 Å². The molecular weight excluding hydrogens is 562 g/mol. The minimum atomic E-state index is -0.416. The molecule has 0 aliphatic rings. The lowest BCUT2D eigenvalue weighted by atomic mass is 10.1. The third kappa shape index (κ3) is 9.80. The van der Waals surface area contributed by atoms with Gasteiger partial charge in [0.15, 0.2) is 0 Å². The Bertz CT molecular complexity index is 1550. The molecule has 238 valence electrons. The van der Waals surface area contributed by atoms with E-state index in [1.165, 1.54) is 5.56 Å². The van der Waals surface area contributed by atoms with Gasteiger partial charge in [-0.1, -0.05) is 81.1 Å². The van der Waals surface area contributed by atoms with Crippen LogP contribution in [0.1, 0.15) is 85.5 Å². The Morgan fingerprint density at radius 1 is 0.844 bits per heavy atom. The molecular formula is C38H47N3O4. The Morgan fingerprint density at radius 2 is 1.53 bits per heavy atom.